The Morgan fingerprint density at radius 2 is 2.15 bits per heavy atom. The van der Waals surface area contributed by atoms with E-state index in [2.05, 4.69) is 43.1 Å². The van der Waals surface area contributed by atoms with Gasteiger partial charge < -0.3 is 5.32 Å². The Balaban J connectivity index is 1.94. The van der Waals surface area contributed by atoms with Crippen molar-refractivity contribution in [1.82, 2.24) is 15.2 Å². The molecule has 3 rings (SSSR count). The highest BCUT2D eigenvalue weighted by Gasteiger charge is 2.15. The molecule has 1 amide bonds. The lowest BCUT2D eigenvalue weighted by Gasteiger charge is -2.02. The molecule has 3 aromatic rings. The van der Waals surface area contributed by atoms with Gasteiger partial charge in [-0.3, -0.25) is 9.89 Å². The second-order valence-corrected chi connectivity index (χ2v) is 5.32. The number of hydrogen-bond donors (Lipinski definition) is 2. The molecule has 20 heavy (non-hydrogen) atoms. The van der Waals surface area contributed by atoms with E-state index in [0.29, 0.717) is 16.7 Å². The summed E-state index contributed by atoms with van der Waals surface area (Å²) in [4.78, 5) is 16.2. The van der Waals surface area contributed by atoms with Gasteiger partial charge in [0.25, 0.3) is 5.91 Å². The van der Waals surface area contributed by atoms with Crippen molar-refractivity contribution in [3.05, 3.63) is 51.6 Å². The molecule has 0 atom stereocenters. The summed E-state index contributed by atoms with van der Waals surface area (Å²) in [7, 11) is 0. The Morgan fingerprint density at radius 1 is 1.30 bits per heavy atom. The first-order valence-electron chi connectivity index (χ1n) is 5.70. The van der Waals surface area contributed by atoms with Crippen molar-refractivity contribution in [3.8, 4) is 0 Å². The number of hydrogen-bond acceptors (Lipinski definition) is 3. The van der Waals surface area contributed by atoms with E-state index < -0.39 is 11.7 Å². The van der Waals surface area contributed by atoms with Gasteiger partial charge in [0.15, 0.2) is 5.69 Å². The topological polar surface area (TPSA) is 70.7 Å². The predicted molar refractivity (Wildman–Crippen MR) is 81.0 cm³/mol. The fourth-order valence-electron chi connectivity index (χ4n) is 1.81. The summed E-state index contributed by atoms with van der Waals surface area (Å²) in [5, 5.41) is 9.69. The minimum atomic E-state index is -0.434. The van der Waals surface area contributed by atoms with E-state index >= 15 is 0 Å². The van der Waals surface area contributed by atoms with Crippen LogP contribution in [0.15, 0.2) is 36.5 Å². The zero-order chi connectivity index (χ0) is 14.1. The summed E-state index contributed by atoms with van der Waals surface area (Å²) in [5.74, 6) is -0.425. The number of nitrogens with zero attached hydrogens (tertiary/aromatic N) is 2. The third-order valence-electron chi connectivity index (χ3n) is 2.70. The van der Waals surface area contributed by atoms with Crippen molar-refractivity contribution < 1.29 is 9.18 Å². The summed E-state index contributed by atoms with van der Waals surface area (Å²) in [6.45, 7) is 0. The Hall–Kier alpha value is -2.03. The van der Waals surface area contributed by atoms with Crippen LogP contribution in [-0.4, -0.2) is 21.1 Å². The largest absolute Gasteiger partial charge is 0.305 e. The average Bonchev–Trinajstić information content (AvgIpc) is 2.81. The highest BCUT2D eigenvalue weighted by Crippen LogP contribution is 2.18. The fourth-order valence-corrected chi connectivity index (χ4v) is 2.26. The molecule has 2 heterocycles. The van der Waals surface area contributed by atoms with E-state index in [-0.39, 0.29) is 5.69 Å². The van der Waals surface area contributed by atoms with E-state index in [9.17, 15) is 9.18 Å². The van der Waals surface area contributed by atoms with Crippen LogP contribution in [0.4, 0.5) is 10.2 Å². The van der Waals surface area contributed by atoms with Crippen molar-refractivity contribution in [2.45, 2.75) is 0 Å². The molecule has 7 heteroatoms. The summed E-state index contributed by atoms with van der Waals surface area (Å²) in [5.41, 5.74) is 0.743. The first-order valence-corrected chi connectivity index (χ1v) is 6.78. The third-order valence-corrected chi connectivity index (χ3v) is 3.37. The molecular formula is C13H8FIN4O. The van der Waals surface area contributed by atoms with Gasteiger partial charge in [-0.05, 0) is 52.9 Å². The van der Waals surface area contributed by atoms with E-state index in [1.807, 2.05) is 6.07 Å². The molecule has 2 N–H and O–H groups in total. The number of fused-ring (bicyclic) bond motifs is 1. The van der Waals surface area contributed by atoms with Crippen LogP contribution in [-0.2, 0) is 0 Å². The maximum Gasteiger partial charge on any atom is 0.277 e. The number of H-pyrrole nitrogens is 1. The molecule has 0 radical (unpaired) electrons. The lowest BCUT2D eigenvalue weighted by Crippen LogP contribution is -2.13. The molecule has 0 fully saturated rings. The quantitative estimate of drug-likeness (QED) is 0.670. The Morgan fingerprint density at radius 3 is 2.95 bits per heavy atom. The van der Waals surface area contributed by atoms with E-state index in [1.54, 1.807) is 12.3 Å². The highest BCUT2D eigenvalue weighted by molar-refractivity contribution is 14.1. The SMILES string of the molecule is O=C(Nc1cc(I)ccn1)c1n[nH]c2ccc(F)cc12. The van der Waals surface area contributed by atoms with Crippen molar-refractivity contribution in [1.29, 1.82) is 0 Å². The Bertz CT molecular complexity index is 802. The van der Waals surface area contributed by atoms with Crippen LogP contribution in [0.3, 0.4) is 0 Å². The number of pyridine rings is 1. The number of benzene rings is 1. The number of aromatic nitrogens is 3. The molecule has 0 aliphatic heterocycles. The van der Waals surface area contributed by atoms with Crippen molar-refractivity contribution in [3.63, 3.8) is 0 Å². The molecule has 0 aliphatic carbocycles. The number of aromatic amines is 1. The van der Waals surface area contributed by atoms with Crippen LogP contribution in [0.5, 0.6) is 0 Å². The summed E-state index contributed by atoms with van der Waals surface area (Å²) < 4.78 is 14.2. The second kappa shape index (κ2) is 5.16. The number of carbonyl (C=O) groups is 1. The molecule has 5 nitrogen and oxygen atoms in total. The van der Waals surface area contributed by atoms with Gasteiger partial charge >= 0.3 is 0 Å². The number of nitrogens with one attached hydrogen (secondary N) is 2. The van der Waals surface area contributed by atoms with Gasteiger partial charge in [0.2, 0.25) is 0 Å². The number of anilines is 1. The van der Waals surface area contributed by atoms with Gasteiger partial charge in [0, 0.05) is 15.2 Å². The fraction of sp³-hybridized carbons (Fsp3) is 0. The molecule has 0 saturated carbocycles. The van der Waals surface area contributed by atoms with Crippen LogP contribution >= 0.6 is 22.6 Å². The second-order valence-electron chi connectivity index (χ2n) is 4.08. The third kappa shape index (κ3) is 2.48. The highest BCUT2D eigenvalue weighted by atomic mass is 127. The first kappa shape index (κ1) is 13.0. The lowest BCUT2D eigenvalue weighted by molar-refractivity contribution is 0.102. The van der Waals surface area contributed by atoms with Crippen molar-refractivity contribution in [2.24, 2.45) is 0 Å². The Kier molecular flexibility index (Phi) is 3.35. The smallest absolute Gasteiger partial charge is 0.277 e. The molecule has 0 aliphatic rings. The average molecular weight is 382 g/mol. The first-order chi connectivity index (χ1) is 9.63. The maximum absolute atomic E-state index is 13.3. The molecule has 0 saturated heterocycles. The molecule has 0 spiro atoms. The number of carbonyl (C=O) groups excluding carboxylic acids is 1. The molecule has 0 unspecified atom stereocenters. The van der Waals surface area contributed by atoms with Gasteiger partial charge in [-0.1, -0.05) is 0 Å². The zero-order valence-electron chi connectivity index (χ0n) is 10.0. The van der Waals surface area contributed by atoms with Crippen LogP contribution in [0.25, 0.3) is 10.9 Å². The summed E-state index contributed by atoms with van der Waals surface area (Å²) >= 11 is 2.12. The van der Waals surface area contributed by atoms with Crippen molar-refractivity contribution in [2.75, 3.05) is 5.32 Å². The van der Waals surface area contributed by atoms with E-state index in [4.69, 9.17) is 0 Å². The summed E-state index contributed by atoms with van der Waals surface area (Å²) in [6.07, 6.45) is 1.60. The lowest BCUT2D eigenvalue weighted by atomic mass is 10.2. The molecule has 1 aromatic carbocycles. The molecule has 0 bridgehead atoms. The molecule has 2 aromatic heterocycles. The van der Waals surface area contributed by atoms with Crippen LogP contribution in [0.1, 0.15) is 10.5 Å². The Labute approximate surface area is 126 Å². The van der Waals surface area contributed by atoms with Gasteiger partial charge in [-0.15, -0.1) is 0 Å². The summed E-state index contributed by atoms with van der Waals surface area (Å²) in [6, 6.07) is 7.67. The van der Waals surface area contributed by atoms with Gasteiger partial charge in [0.1, 0.15) is 11.6 Å². The minimum absolute atomic E-state index is 0.139. The zero-order valence-corrected chi connectivity index (χ0v) is 12.2. The monoisotopic (exact) mass is 382 g/mol. The standard InChI is InChI=1S/C13H8FIN4O/c14-7-1-2-10-9(5-7)12(19-18-10)13(20)17-11-6-8(15)3-4-16-11/h1-6H,(H,18,19)(H,16,17,20). The van der Waals surface area contributed by atoms with Crippen LogP contribution < -0.4 is 5.32 Å². The number of halogens is 2. The van der Waals surface area contributed by atoms with E-state index in [1.165, 1.54) is 18.2 Å². The van der Waals surface area contributed by atoms with E-state index in [0.717, 1.165) is 3.57 Å². The van der Waals surface area contributed by atoms with Crippen LogP contribution in [0, 0.1) is 9.39 Å². The minimum Gasteiger partial charge on any atom is -0.305 e. The number of rotatable bonds is 2. The van der Waals surface area contributed by atoms with Gasteiger partial charge in [0.05, 0.1) is 5.52 Å². The van der Waals surface area contributed by atoms with Crippen molar-refractivity contribution >= 4 is 45.2 Å². The molecule has 100 valence electrons. The van der Waals surface area contributed by atoms with Gasteiger partial charge in [-0.2, -0.15) is 5.10 Å². The predicted octanol–water partition coefficient (Wildman–Crippen LogP) is 2.95. The normalized spacial score (nSPS) is 10.7. The maximum atomic E-state index is 13.3. The number of amides is 1. The van der Waals surface area contributed by atoms with Gasteiger partial charge in [-0.25, -0.2) is 9.37 Å². The van der Waals surface area contributed by atoms with Crippen LogP contribution in [0.2, 0.25) is 0 Å². The molecular weight excluding hydrogens is 374 g/mol.